The molecule has 2 heterocycles. The molecule has 0 saturated heterocycles. The van der Waals surface area contributed by atoms with Gasteiger partial charge in [0.2, 0.25) is 6.79 Å². The topological polar surface area (TPSA) is 60.4 Å². The Morgan fingerprint density at radius 1 is 1.07 bits per heavy atom. The Hall–Kier alpha value is -2.44. The summed E-state index contributed by atoms with van der Waals surface area (Å²) in [6, 6.07) is 8.19. The second-order valence-electron chi connectivity index (χ2n) is 7.43. The molecule has 2 aliphatic heterocycles. The van der Waals surface area contributed by atoms with Crippen molar-refractivity contribution in [2.75, 3.05) is 28.1 Å². The minimum atomic E-state index is -0.484. The molecule has 142 valence electrons. The van der Waals surface area contributed by atoms with Crippen LogP contribution in [0.25, 0.3) is 0 Å². The van der Waals surface area contributed by atoms with Crippen LogP contribution in [0.1, 0.15) is 34.2 Å². The predicted octanol–water partition coefficient (Wildman–Crippen LogP) is 2.62. The van der Waals surface area contributed by atoms with Crippen molar-refractivity contribution < 1.29 is 24.1 Å². The van der Waals surface area contributed by atoms with Gasteiger partial charge < -0.3 is 24.1 Å². The van der Waals surface area contributed by atoms with E-state index >= 15 is 0 Å². The molecule has 0 unspecified atom stereocenters. The van der Waals surface area contributed by atoms with Crippen molar-refractivity contribution in [3.63, 3.8) is 0 Å². The lowest BCUT2D eigenvalue weighted by atomic mass is 9.70. The van der Waals surface area contributed by atoms with Gasteiger partial charge in [0.25, 0.3) is 0 Å². The van der Waals surface area contributed by atoms with Crippen LogP contribution in [0.2, 0.25) is 0 Å². The predicted molar refractivity (Wildman–Crippen MR) is 98.8 cm³/mol. The summed E-state index contributed by atoms with van der Waals surface area (Å²) in [5.41, 5.74) is 4.55. The van der Waals surface area contributed by atoms with Gasteiger partial charge in [-0.3, -0.25) is 4.90 Å². The third-order valence-electron chi connectivity index (χ3n) is 6.06. The lowest BCUT2D eigenvalue weighted by Crippen LogP contribution is -2.43. The molecule has 2 aromatic carbocycles. The molecule has 1 N–H and O–H groups in total. The number of aliphatic hydroxyl groups is 1. The Morgan fingerprint density at radius 2 is 1.85 bits per heavy atom. The number of rotatable bonds is 2. The van der Waals surface area contributed by atoms with Crippen molar-refractivity contribution in [1.29, 1.82) is 0 Å². The first-order valence-electron chi connectivity index (χ1n) is 9.16. The van der Waals surface area contributed by atoms with E-state index in [-0.39, 0.29) is 18.8 Å². The molecule has 0 bridgehead atoms. The zero-order valence-electron chi connectivity index (χ0n) is 15.7. The van der Waals surface area contributed by atoms with E-state index in [2.05, 4.69) is 24.1 Å². The van der Waals surface area contributed by atoms with Gasteiger partial charge in [-0.1, -0.05) is 6.07 Å². The van der Waals surface area contributed by atoms with Gasteiger partial charge in [-0.05, 0) is 48.4 Å². The summed E-state index contributed by atoms with van der Waals surface area (Å²) in [5.74, 6) is 2.99. The molecular formula is C21H23NO5. The molecule has 1 aliphatic carbocycles. The highest BCUT2D eigenvalue weighted by Crippen LogP contribution is 2.53. The van der Waals surface area contributed by atoms with Crippen molar-refractivity contribution in [1.82, 2.24) is 4.90 Å². The van der Waals surface area contributed by atoms with Gasteiger partial charge in [0.05, 0.1) is 20.3 Å². The highest BCUT2D eigenvalue weighted by atomic mass is 16.7. The Bertz CT molecular complexity index is 912. The Morgan fingerprint density at radius 3 is 2.59 bits per heavy atom. The fourth-order valence-electron chi connectivity index (χ4n) is 4.93. The highest BCUT2D eigenvalue weighted by Gasteiger charge is 2.44. The fraction of sp³-hybridized carbons (Fsp3) is 0.429. The van der Waals surface area contributed by atoms with Crippen molar-refractivity contribution in [2.45, 2.75) is 31.0 Å². The molecule has 2 aromatic rings. The third-order valence-corrected chi connectivity index (χ3v) is 6.06. The number of hydrogen-bond donors (Lipinski definition) is 1. The van der Waals surface area contributed by atoms with Crippen LogP contribution in [-0.2, 0) is 13.0 Å². The number of benzene rings is 2. The summed E-state index contributed by atoms with van der Waals surface area (Å²) in [4.78, 5) is 2.28. The van der Waals surface area contributed by atoms with Crippen LogP contribution < -0.4 is 18.9 Å². The minimum absolute atomic E-state index is 0.0357. The van der Waals surface area contributed by atoms with Gasteiger partial charge in [-0.15, -0.1) is 0 Å². The SMILES string of the molecule is COc1ccc2c(c1OC)CN(C)[C@H]1c3cc4c(cc3C[C@@H](O)[C@@H]21)OCO4. The van der Waals surface area contributed by atoms with E-state index in [1.54, 1.807) is 14.2 Å². The summed E-state index contributed by atoms with van der Waals surface area (Å²) < 4.78 is 22.3. The average Bonchev–Trinajstić information content (AvgIpc) is 3.12. The van der Waals surface area contributed by atoms with Gasteiger partial charge in [0.15, 0.2) is 23.0 Å². The van der Waals surface area contributed by atoms with E-state index in [0.717, 1.165) is 46.2 Å². The number of ether oxygens (including phenoxy) is 4. The number of methoxy groups -OCH3 is 2. The number of nitrogens with zero attached hydrogens (tertiary/aromatic N) is 1. The summed E-state index contributed by atoms with van der Waals surface area (Å²) in [6.45, 7) is 0.974. The average molecular weight is 369 g/mol. The van der Waals surface area contributed by atoms with E-state index in [4.69, 9.17) is 18.9 Å². The molecule has 0 aromatic heterocycles. The number of hydrogen-bond acceptors (Lipinski definition) is 6. The van der Waals surface area contributed by atoms with E-state index in [1.165, 1.54) is 5.56 Å². The monoisotopic (exact) mass is 369 g/mol. The highest BCUT2D eigenvalue weighted by molar-refractivity contribution is 5.57. The van der Waals surface area contributed by atoms with Crippen LogP contribution in [0, 0.1) is 0 Å². The fourth-order valence-corrected chi connectivity index (χ4v) is 4.93. The molecule has 0 fully saturated rings. The second-order valence-corrected chi connectivity index (χ2v) is 7.43. The summed E-state index contributed by atoms with van der Waals surface area (Å²) >= 11 is 0. The van der Waals surface area contributed by atoms with Crippen molar-refractivity contribution >= 4 is 0 Å². The Kier molecular flexibility index (Phi) is 3.74. The number of aliphatic hydroxyl groups excluding tert-OH is 1. The molecule has 0 spiro atoms. The molecule has 3 atom stereocenters. The summed E-state index contributed by atoms with van der Waals surface area (Å²) in [5, 5.41) is 11.1. The molecule has 27 heavy (non-hydrogen) atoms. The van der Waals surface area contributed by atoms with Crippen LogP contribution in [0.5, 0.6) is 23.0 Å². The van der Waals surface area contributed by atoms with Gasteiger partial charge in [-0.25, -0.2) is 0 Å². The van der Waals surface area contributed by atoms with Gasteiger partial charge >= 0.3 is 0 Å². The molecule has 0 saturated carbocycles. The first-order chi connectivity index (χ1) is 13.1. The molecule has 3 aliphatic rings. The molecular weight excluding hydrogens is 346 g/mol. The maximum Gasteiger partial charge on any atom is 0.231 e. The third kappa shape index (κ3) is 2.33. The van der Waals surface area contributed by atoms with Crippen LogP contribution in [-0.4, -0.2) is 44.2 Å². The van der Waals surface area contributed by atoms with E-state index in [1.807, 2.05) is 12.1 Å². The maximum atomic E-state index is 11.1. The number of fused-ring (bicyclic) bond motifs is 6. The smallest absolute Gasteiger partial charge is 0.231 e. The molecule has 6 nitrogen and oxygen atoms in total. The Balaban J connectivity index is 1.67. The van der Waals surface area contributed by atoms with Crippen LogP contribution in [0.15, 0.2) is 24.3 Å². The lowest BCUT2D eigenvalue weighted by Gasteiger charge is -2.46. The summed E-state index contributed by atoms with van der Waals surface area (Å²) in [6.07, 6.45) is 0.108. The molecule has 0 radical (unpaired) electrons. The normalized spacial score (nSPS) is 25.4. The van der Waals surface area contributed by atoms with Crippen molar-refractivity contribution in [2.24, 2.45) is 0 Å². The van der Waals surface area contributed by atoms with Crippen molar-refractivity contribution in [3.05, 3.63) is 46.5 Å². The minimum Gasteiger partial charge on any atom is -0.493 e. The van der Waals surface area contributed by atoms with Crippen LogP contribution >= 0.6 is 0 Å². The number of likely N-dealkylation sites (N-methyl/N-ethyl adjacent to an activating group) is 1. The van der Waals surface area contributed by atoms with Crippen LogP contribution in [0.4, 0.5) is 0 Å². The van der Waals surface area contributed by atoms with E-state index < -0.39 is 6.10 Å². The van der Waals surface area contributed by atoms with Crippen molar-refractivity contribution in [3.8, 4) is 23.0 Å². The van der Waals surface area contributed by atoms with Gasteiger partial charge in [-0.2, -0.15) is 0 Å². The van der Waals surface area contributed by atoms with E-state index in [0.29, 0.717) is 6.42 Å². The largest absolute Gasteiger partial charge is 0.493 e. The molecule has 5 rings (SSSR count). The first-order valence-corrected chi connectivity index (χ1v) is 9.16. The molecule has 0 amide bonds. The first kappa shape index (κ1) is 16.7. The van der Waals surface area contributed by atoms with Crippen LogP contribution in [0.3, 0.4) is 0 Å². The lowest BCUT2D eigenvalue weighted by molar-refractivity contribution is 0.0590. The summed E-state index contributed by atoms with van der Waals surface area (Å²) in [7, 11) is 5.40. The zero-order valence-corrected chi connectivity index (χ0v) is 15.7. The van der Waals surface area contributed by atoms with Gasteiger partial charge in [0.1, 0.15) is 0 Å². The maximum absolute atomic E-state index is 11.1. The Labute approximate surface area is 158 Å². The quantitative estimate of drug-likeness (QED) is 0.878. The standard InChI is InChI=1S/C21H23NO5/c1-22-9-14-12(4-5-16(24-2)21(14)25-3)19-15(23)6-11-7-17-18(27-10-26-17)8-13(11)20(19)22/h4-5,7-8,15,19-20,23H,6,9-10H2,1-3H3/t15-,19-,20+/m1/s1. The van der Waals surface area contributed by atoms with Gasteiger partial charge in [0, 0.05) is 24.1 Å². The molecule has 6 heteroatoms. The second kappa shape index (κ2) is 6.04. The van der Waals surface area contributed by atoms with E-state index in [9.17, 15) is 5.11 Å². The zero-order chi connectivity index (χ0) is 18.7.